The number of benzene rings is 1. The smallest absolute Gasteiger partial charge is 0.223 e. The van der Waals surface area contributed by atoms with E-state index < -0.39 is 0 Å². The van der Waals surface area contributed by atoms with Gasteiger partial charge in [-0.3, -0.25) is 4.79 Å². The minimum atomic E-state index is -0.340. The number of nitrogens with zero attached hydrogens (tertiary/aromatic N) is 4. The van der Waals surface area contributed by atoms with E-state index in [0.29, 0.717) is 11.0 Å². The largest absolute Gasteiger partial charge is 0.493 e. The first-order chi connectivity index (χ1) is 11.5. The van der Waals surface area contributed by atoms with Crippen molar-refractivity contribution in [3.8, 4) is 17.3 Å². The summed E-state index contributed by atoms with van der Waals surface area (Å²) in [5, 5.41) is 23.7. The van der Waals surface area contributed by atoms with E-state index in [1.165, 1.54) is 6.07 Å². The predicted octanol–water partition coefficient (Wildman–Crippen LogP) is 2.35. The van der Waals surface area contributed by atoms with Crippen LogP contribution in [0, 0.1) is 0 Å². The first kappa shape index (κ1) is 14.3. The van der Waals surface area contributed by atoms with Crippen molar-refractivity contribution >= 4 is 22.1 Å². The third-order valence-electron chi connectivity index (χ3n) is 3.92. The van der Waals surface area contributed by atoms with Crippen LogP contribution in [0.2, 0.25) is 0 Å². The highest BCUT2D eigenvalue weighted by atomic mass is 16.3. The maximum absolute atomic E-state index is 12.7. The Morgan fingerprint density at radius 3 is 2.75 bits per heavy atom. The number of fused-ring (bicyclic) bond motifs is 2. The summed E-state index contributed by atoms with van der Waals surface area (Å²) in [6.07, 6.45) is 0. The number of pyridine rings is 1. The molecule has 0 amide bonds. The van der Waals surface area contributed by atoms with Crippen LogP contribution in [0.15, 0.2) is 33.5 Å². The molecule has 2 N–H and O–H groups in total. The zero-order valence-corrected chi connectivity index (χ0v) is 12.9. The molecule has 0 aliphatic heterocycles. The van der Waals surface area contributed by atoms with Crippen molar-refractivity contribution in [2.45, 2.75) is 19.8 Å². The fourth-order valence-electron chi connectivity index (χ4n) is 2.59. The molecule has 0 bridgehead atoms. The molecule has 0 atom stereocenters. The number of tetrazole rings is 1. The molecule has 0 aliphatic rings. The SMILES string of the molecule is CC(C)c1ccc2oc3cc(-c4nnn[nH]4)c(O)nc3c(=O)c2c1. The molecule has 0 saturated heterocycles. The van der Waals surface area contributed by atoms with Crippen molar-refractivity contribution in [1.29, 1.82) is 0 Å². The molecule has 0 saturated carbocycles. The van der Waals surface area contributed by atoms with E-state index in [0.717, 1.165) is 5.56 Å². The molecule has 0 aliphatic carbocycles. The van der Waals surface area contributed by atoms with E-state index in [-0.39, 0.29) is 39.7 Å². The summed E-state index contributed by atoms with van der Waals surface area (Å²) in [7, 11) is 0. The van der Waals surface area contributed by atoms with Crippen LogP contribution < -0.4 is 5.43 Å². The van der Waals surface area contributed by atoms with E-state index in [9.17, 15) is 9.90 Å². The summed E-state index contributed by atoms with van der Waals surface area (Å²) in [6.45, 7) is 4.09. The Bertz CT molecular complexity index is 1120. The van der Waals surface area contributed by atoms with Crippen LogP contribution in [-0.4, -0.2) is 30.7 Å². The number of H-pyrrole nitrogens is 1. The molecule has 0 spiro atoms. The number of rotatable bonds is 2. The topological polar surface area (TPSA) is 118 Å². The molecule has 4 aromatic rings. The Morgan fingerprint density at radius 2 is 2.04 bits per heavy atom. The van der Waals surface area contributed by atoms with Crippen LogP contribution in [0.1, 0.15) is 25.3 Å². The van der Waals surface area contributed by atoms with Crippen molar-refractivity contribution in [3.05, 3.63) is 40.1 Å². The van der Waals surface area contributed by atoms with Gasteiger partial charge < -0.3 is 9.52 Å². The number of nitrogens with one attached hydrogen (secondary N) is 1. The normalized spacial score (nSPS) is 11.6. The van der Waals surface area contributed by atoms with Crippen molar-refractivity contribution in [2.24, 2.45) is 0 Å². The number of hydrogen-bond acceptors (Lipinski definition) is 7. The lowest BCUT2D eigenvalue weighted by Crippen LogP contribution is -2.05. The van der Waals surface area contributed by atoms with Crippen molar-refractivity contribution in [2.75, 3.05) is 0 Å². The minimum Gasteiger partial charge on any atom is -0.493 e. The zero-order chi connectivity index (χ0) is 16.8. The van der Waals surface area contributed by atoms with E-state index in [2.05, 4.69) is 25.6 Å². The third-order valence-corrected chi connectivity index (χ3v) is 3.92. The maximum atomic E-state index is 12.7. The highest BCUT2D eigenvalue weighted by molar-refractivity contribution is 5.90. The van der Waals surface area contributed by atoms with Gasteiger partial charge in [0.05, 0.1) is 10.9 Å². The second kappa shape index (κ2) is 5.12. The number of aromatic amines is 1. The second-order valence-electron chi connectivity index (χ2n) is 5.80. The Kier molecular flexibility index (Phi) is 3.05. The van der Waals surface area contributed by atoms with Crippen molar-refractivity contribution in [3.63, 3.8) is 0 Å². The molecule has 24 heavy (non-hydrogen) atoms. The summed E-state index contributed by atoms with van der Waals surface area (Å²) < 4.78 is 5.80. The molecule has 0 unspecified atom stereocenters. The van der Waals surface area contributed by atoms with Crippen LogP contribution >= 0.6 is 0 Å². The van der Waals surface area contributed by atoms with Crippen LogP contribution in [0.3, 0.4) is 0 Å². The minimum absolute atomic E-state index is 0.0668. The number of hydrogen-bond donors (Lipinski definition) is 2. The Morgan fingerprint density at radius 1 is 1.21 bits per heavy atom. The van der Waals surface area contributed by atoms with E-state index >= 15 is 0 Å². The van der Waals surface area contributed by atoms with E-state index in [4.69, 9.17) is 4.42 Å². The van der Waals surface area contributed by atoms with Crippen molar-refractivity contribution in [1.82, 2.24) is 25.6 Å². The third kappa shape index (κ3) is 2.11. The van der Waals surface area contributed by atoms with Gasteiger partial charge in [0.25, 0.3) is 0 Å². The molecule has 4 rings (SSSR count). The summed E-state index contributed by atoms with van der Waals surface area (Å²) in [4.78, 5) is 16.7. The fourth-order valence-corrected chi connectivity index (χ4v) is 2.59. The first-order valence-electron chi connectivity index (χ1n) is 7.39. The standard InChI is InChI=1S/C16H13N5O3/c1-7(2)8-3-4-11-9(5-8)14(22)13-12(24-11)6-10(16(23)17-13)15-18-20-21-19-15/h3-7H,1-2H3,(H,17,23)(H,18,19,20,21). The summed E-state index contributed by atoms with van der Waals surface area (Å²) in [5.41, 5.74) is 1.79. The maximum Gasteiger partial charge on any atom is 0.223 e. The van der Waals surface area contributed by atoms with Gasteiger partial charge in [0.15, 0.2) is 16.9 Å². The average molecular weight is 323 g/mol. The van der Waals surface area contributed by atoms with Gasteiger partial charge >= 0.3 is 0 Å². The second-order valence-corrected chi connectivity index (χ2v) is 5.80. The summed E-state index contributed by atoms with van der Waals surface area (Å²) in [5.74, 6) is 0.180. The molecular formula is C16H13N5O3. The van der Waals surface area contributed by atoms with Crippen LogP contribution in [0.25, 0.3) is 33.5 Å². The molecule has 8 heteroatoms. The van der Waals surface area contributed by atoms with Gasteiger partial charge in [-0.05, 0) is 40.1 Å². The van der Waals surface area contributed by atoms with Gasteiger partial charge in [-0.1, -0.05) is 19.9 Å². The first-order valence-corrected chi connectivity index (χ1v) is 7.39. The average Bonchev–Trinajstić information content (AvgIpc) is 3.09. The van der Waals surface area contributed by atoms with Crippen molar-refractivity contribution < 1.29 is 9.52 Å². The van der Waals surface area contributed by atoms with Gasteiger partial charge in [-0.15, -0.1) is 5.10 Å². The lowest BCUT2D eigenvalue weighted by molar-refractivity contribution is 0.456. The predicted molar refractivity (Wildman–Crippen MR) is 86.7 cm³/mol. The van der Waals surface area contributed by atoms with Gasteiger partial charge in [0.2, 0.25) is 11.3 Å². The molecule has 3 heterocycles. The van der Waals surface area contributed by atoms with Gasteiger partial charge in [0, 0.05) is 0 Å². The molecule has 0 fully saturated rings. The number of aromatic hydroxyl groups is 1. The molecule has 3 aromatic heterocycles. The van der Waals surface area contributed by atoms with Crippen LogP contribution in [0.4, 0.5) is 0 Å². The van der Waals surface area contributed by atoms with Crippen LogP contribution in [0.5, 0.6) is 5.88 Å². The van der Waals surface area contributed by atoms with Gasteiger partial charge in [0.1, 0.15) is 5.58 Å². The summed E-state index contributed by atoms with van der Waals surface area (Å²) in [6, 6.07) is 7.00. The Hall–Kier alpha value is -3.29. The molecule has 8 nitrogen and oxygen atoms in total. The Labute approximate surface area is 135 Å². The zero-order valence-electron chi connectivity index (χ0n) is 12.9. The highest BCUT2D eigenvalue weighted by Crippen LogP contribution is 2.29. The lowest BCUT2D eigenvalue weighted by Gasteiger charge is -2.08. The monoisotopic (exact) mass is 323 g/mol. The fraction of sp³-hybridized carbons (Fsp3) is 0.188. The number of aromatic nitrogens is 5. The summed E-state index contributed by atoms with van der Waals surface area (Å²) >= 11 is 0. The molecule has 120 valence electrons. The highest BCUT2D eigenvalue weighted by Gasteiger charge is 2.16. The van der Waals surface area contributed by atoms with Gasteiger partial charge in [-0.25, -0.2) is 10.1 Å². The van der Waals surface area contributed by atoms with Crippen LogP contribution in [-0.2, 0) is 0 Å². The lowest BCUT2D eigenvalue weighted by atomic mass is 10.0. The quantitative estimate of drug-likeness (QED) is 0.543. The molecular weight excluding hydrogens is 310 g/mol. The van der Waals surface area contributed by atoms with Gasteiger partial charge in [-0.2, -0.15) is 0 Å². The van der Waals surface area contributed by atoms with E-state index in [1.54, 1.807) is 12.1 Å². The Balaban J connectivity index is 2.04. The molecule has 0 radical (unpaired) electrons. The molecule has 1 aromatic carbocycles. The van der Waals surface area contributed by atoms with E-state index in [1.807, 2.05) is 19.9 Å².